The van der Waals surface area contributed by atoms with Crippen molar-refractivity contribution in [2.45, 2.75) is 31.3 Å². The SMILES string of the molecule is C#CC[C@@H]1CC[C@@H](C(=O)Nc2cccc(Cl)n2)N1. The molecular weight excluding hydrogens is 250 g/mol. The van der Waals surface area contributed by atoms with E-state index >= 15 is 0 Å². The highest BCUT2D eigenvalue weighted by atomic mass is 35.5. The second-order valence-corrected chi connectivity index (χ2v) is 4.62. The van der Waals surface area contributed by atoms with Gasteiger partial charge in [0, 0.05) is 12.5 Å². The summed E-state index contributed by atoms with van der Waals surface area (Å²) in [6, 6.07) is 5.14. The lowest BCUT2D eigenvalue weighted by molar-refractivity contribution is -0.117. The van der Waals surface area contributed by atoms with E-state index in [0.717, 1.165) is 12.8 Å². The predicted molar refractivity (Wildman–Crippen MR) is 71.3 cm³/mol. The number of nitrogens with one attached hydrogen (secondary N) is 2. The van der Waals surface area contributed by atoms with Crippen molar-refractivity contribution in [3.8, 4) is 12.3 Å². The van der Waals surface area contributed by atoms with E-state index in [1.165, 1.54) is 0 Å². The third-order valence-corrected chi connectivity index (χ3v) is 3.10. The summed E-state index contributed by atoms with van der Waals surface area (Å²) in [6.07, 6.45) is 7.62. The lowest BCUT2D eigenvalue weighted by atomic mass is 10.1. The number of pyridine rings is 1. The average molecular weight is 264 g/mol. The number of carbonyl (C=O) groups excluding carboxylic acids is 1. The first-order chi connectivity index (χ1) is 8.69. The quantitative estimate of drug-likeness (QED) is 0.646. The number of terminal acetylenes is 1. The minimum atomic E-state index is -0.205. The van der Waals surface area contributed by atoms with Gasteiger partial charge in [-0.25, -0.2) is 4.98 Å². The molecule has 2 atom stereocenters. The second kappa shape index (κ2) is 5.85. The molecule has 0 spiro atoms. The molecule has 4 nitrogen and oxygen atoms in total. The summed E-state index contributed by atoms with van der Waals surface area (Å²) in [5, 5.41) is 6.31. The summed E-state index contributed by atoms with van der Waals surface area (Å²) in [6.45, 7) is 0. The van der Waals surface area contributed by atoms with E-state index in [1.54, 1.807) is 18.2 Å². The Balaban J connectivity index is 1.91. The number of anilines is 1. The van der Waals surface area contributed by atoms with E-state index in [0.29, 0.717) is 17.4 Å². The number of halogens is 1. The molecule has 0 unspecified atom stereocenters. The Labute approximate surface area is 111 Å². The summed E-state index contributed by atoms with van der Waals surface area (Å²) in [4.78, 5) is 16.0. The number of rotatable bonds is 3. The van der Waals surface area contributed by atoms with Crippen LogP contribution in [0.5, 0.6) is 0 Å². The molecule has 1 aliphatic rings. The molecule has 1 aromatic heterocycles. The first-order valence-corrected chi connectivity index (χ1v) is 6.20. The number of aromatic nitrogens is 1. The molecule has 0 saturated carbocycles. The van der Waals surface area contributed by atoms with Crippen LogP contribution in [0.2, 0.25) is 5.15 Å². The first-order valence-electron chi connectivity index (χ1n) is 5.82. The van der Waals surface area contributed by atoms with Gasteiger partial charge in [0.2, 0.25) is 5.91 Å². The highest BCUT2D eigenvalue weighted by Crippen LogP contribution is 2.16. The molecule has 0 aromatic carbocycles. The maximum Gasteiger partial charge on any atom is 0.242 e. The van der Waals surface area contributed by atoms with Crippen LogP contribution in [0.4, 0.5) is 5.82 Å². The molecule has 2 rings (SSSR count). The lowest BCUT2D eigenvalue weighted by Crippen LogP contribution is -2.39. The van der Waals surface area contributed by atoms with Gasteiger partial charge in [-0.1, -0.05) is 17.7 Å². The molecule has 1 saturated heterocycles. The van der Waals surface area contributed by atoms with Gasteiger partial charge in [-0.05, 0) is 25.0 Å². The van der Waals surface area contributed by atoms with E-state index in [1.807, 2.05) is 0 Å². The van der Waals surface area contributed by atoms with Crippen LogP contribution < -0.4 is 10.6 Å². The molecule has 1 amide bonds. The first kappa shape index (κ1) is 12.9. The largest absolute Gasteiger partial charge is 0.309 e. The van der Waals surface area contributed by atoms with E-state index in [-0.39, 0.29) is 18.0 Å². The normalized spacial score (nSPS) is 22.4. The van der Waals surface area contributed by atoms with Gasteiger partial charge in [-0.3, -0.25) is 4.79 Å². The molecule has 0 radical (unpaired) electrons. The molecule has 0 bridgehead atoms. The third-order valence-electron chi connectivity index (χ3n) is 2.89. The van der Waals surface area contributed by atoms with Crippen LogP contribution in [0, 0.1) is 12.3 Å². The van der Waals surface area contributed by atoms with Crippen molar-refractivity contribution in [3.05, 3.63) is 23.4 Å². The number of carbonyl (C=O) groups is 1. The van der Waals surface area contributed by atoms with Crippen LogP contribution in [0.3, 0.4) is 0 Å². The van der Waals surface area contributed by atoms with Crippen LogP contribution >= 0.6 is 11.6 Å². The smallest absolute Gasteiger partial charge is 0.242 e. The Kier molecular flexibility index (Phi) is 4.19. The Hall–Kier alpha value is -1.57. The monoisotopic (exact) mass is 263 g/mol. The zero-order chi connectivity index (χ0) is 13.0. The van der Waals surface area contributed by atoms with E-state index in [4.69, 9.17) is 18.0 Å². The molecule has 5 heteroatoms. The van der Waals surface area contributed by atoms with Gasteiger partial charge in [-0.2, -0.15) is 0 Å². The minimum Gasteiger partial charge on any atom is -0.309 e. The van der Waals surface area contributed by atoms with Crippen molar-refractivity contribution in [2.75, 3.05) is 5.32 Å². The standard InChI is InChI=1S/C13H14ClN3O/c1-2-4-9-7-8-10(15-9)13(18)17-12-6-3-5-11(14)16-12/h1,3,5-6,9-10,15H,4,7-8H2,(H,16,17,18)/t9-,10+/m1/s1. The molecule has 1 aromatic rings. The second-order valence-electron chi connectivity index (χ2n) is 4.24. The highest BCUT2D eigenvalue weighted by molar-refractivity contribution is 6.29. The number of nitrogens with zero attached hydrogens (tertiary/aromatic N) is 1. The zero-order valence-corrected chi connectivity index (χ0v) is 10.6. The van der Waals surface area contributed by atoms with E-state index in [9.17, 15) is 4.79 Å². The highest BCUT2D eigenvalue weighted by Gasteiger charge is 2.28. The van der Waals surface area contributed by atoms with Gasteiger partial charge in [0.1, 0.15) is 11.0 Å². The van der Waals surface area contributed by atoms with Crippen molar-refractivity contribution in [1.82, 2.24) is 10.3 Å². The summed E-state index contributed by atoms with van der Waals surface area (Å²) < 4.78 is 0. The maximum atomic E-state index is 12.0. The Morgan fingerprint density at radius 2 is 2.44 bits per heavy atom. The number of hydrogen-bond acceptors (Lipinski definition) is 3. The number of hydrogen-bond donors (Lipinski definition) is 2. The molecule has 18 heavy (non-hydrogen) atoms. The molecular formula is C13H14ClN3O. The van der Waals surface area contributed by atoms with Crippen LogP contribution in [0.15, 0.2) is 18.2 Å². The van der Waals surface area contributed by atoms with Gasteiger partial charge >= 0.3 is 0 Å². The van der Waals surface area contributed by atoms with Gasteiger partial charge in [-0.15, -0.1) is 12.3 Å². The molecule has 2 heterocycles. The van der Waals surface area contributed by atoms with Crippen molar-refractivity contribution >= 4 is 23.3 Å². The Bertz CT molecular complexity index is 483. The fourth-order valence-electron chi connectivity index (χ4n) is 2.02. The summed E-state index contributed by atoms with van der Waals surface area (Å²) in [5.74, 6) is 2.98. The Morgan fingerprint density at radius 3 is 3.17 bits per heavy atom. The van der Waals surface area contributed by atoms with Gasteiger partial charge < -0.3 is 10.6 Å². The summed E-state index contributed by atoms with van der Waals surface area (Å²) in [7, 11) is 0. The summed E-state index contributed by atoms with van der Waals surface area (Å²) in [5.41, 5.74) is 0. The fraction of sp³-hybridized carbons (Fsp3) is 0.385. The van der Waals surface area contributed by atoms with E-state index in [2.05, 4.69) is 21.5 Å². The minimum absolute atomic E-state index is 0.0933. The van der Waals surface area contributed by atoms with Crippen molar-refractivity contribution in [1.29, 1.82) is 0 Å². The topological polar surface area (TPSA) is 54.0 Å². The van der Waals surface area contributed by atoms with Gasteiger partial charge in [0.05, 0.1) is 6.04 Å². The van der Waals surface area contributed by atoms with Crippen LogP contribution in [-0.4, -0.2) is 23.0 Å². The lowest BCUT2D eigenvalue weighted by Gasteiger charge is -2.12. The van der Waals surface area contributed by atoms with Crippen molar-refractivity contribution in [2.24, 2.45) is 0 Å². The van der Waals surface area contributed by atoms with E-state index < -0.39 is 0 Å². The Morgan fingerprint density at radius 1 is 1.61 bits per heavy atom. The van der Waals surface area contributed by atoms with Gasteiger partial charge in [0.15, 0.2) is 0 Å². The summed E-state index contributed by atoms with van der Waals surface area (Å²) >= 11 is 5.75. The maximum absolute atomic E-state index is 12.0. The van der Waals surface area contributed by atoms with Crippen LogP contribution in [-0.2, 0) is 4.79 Å². The predicted octanol–water partition coefficient (Wildman–Crippen LogP) is 1.82. The molecule has 94 valence electrons. The van der Waals surface area contributed by atoms with Crippen LogP contribution in [0.25, 0.3) is 0 Å². The zero-order valence-electron chi connectivity index (χ0n) is 9.82. The third kappa shape index (κ3) is 3.22. The van der Waals surface area contributed by atoms with Crippen molar-refractivity contribution < 1.29 is 4.79 Å². The number of amides is 1. The molecule has 1 fully saturated rings. The molecule has 0 aliphatic carbocycles. The van der Waals surface area contributed by atoms with Crippen LogP contribution in [0.1, 0.15) is 19.3 Å². The molecule has 2 N–H and O–H groups in total. The van der Waals surface area contributed by atoms with Crippen molar-refractivity contribution in [3.63, 3.8) is 0 Å². The average Bonchev–Trinajstić information content (AvgIpc) is 2.78. The fourth-order valence-corrected chi connectivity index (χ4v) is 2.18. The molecule has 1 aliphatic heterocycles. The van der Waals surface area contributed by atoms with Gasteiger partial charge in [0.25, 0.3) is 0 Å².